The highest BCUT2D eigenvalue weighted by Gasteiger charge is 2.07. The summed E-state index contributed by atoms with van der Waals surface area (Å²) in [5, 5.41) is 3.13. The smallest absolute Gasteiger partial charge is 0.161 e. The van der Waals surface area contributed by atoms with Crippen LogP contribution in [0.15, 0.2) is 36.4 Å². The molecule has 0 aliphatic heterocycles. The maximum Gasteiger partial charge on any atom is 0.161 e. The Hall–Kier alpha value is -2.07. The van der Waals surface area contributed by atoms with E-state index in [1.165, 1.54) is 5.56 Å². The molecule has 2 aromatic rings. The van der Waals surface area contributed by atoms with Crippen molar-refractivity contribution < 1.29 is 9.47 Å². The van der Waals surface area contributed by atoms with Crippen LogP contribution in [0.2, 0.25) is 0 Å². The van der Waals surface area contributed by atoms with Gasteiger partial charge in [0.2, 0.25) is 0 Å². The molecule has 21 heavy (non-hydrogen) atoms. The first-order chi connectivity index (χ1) is 10.2. The molecule has 0 saturated heterocycles. The number of hydrogen-bond acceptors (Lipinski definition) is 4. The largest absolute Gasteiger partial charge is 0.490 e. The van der Waals surface area contributed by atoms with Crippen molar-refractivity contribution in [3.8, 4) is 11.5 Å². The van der Waals surface area contributed by atoms with Crippen molar-refractivity contribution >= 4 is 0 Å². The van der Waals surface area contributed by atoms with E-state index < -0.39 is 0 Å². The Bertz CT molecular complexity index is 585. The highest BCUT2D eigenvalue weighted by Crippen LogP contribution is 2.29. The minimum absolute atomic E-state index is 0.438. The van der Waals surface area contributed by atoms with E-state index in [-0.39, 0.29) is 0 Å². The maximum absolute atomic E-state index is 5.86. The monoisotopic (exact) mass is 286 g/mol. The van der Waals surface area contributed by atoms with Crippen LogP contribution in [-0.4, -0.2) is 18.6 Å². The molecule has 1 heterocycles. The second-order valence-electron chi connectivity index (χ2n) is 4.80. The average Bonchev–Trinajstić information content (AvgIpc) is 2.47. The van der Waals surface area contributed by atoms with E-state index in [9.17, 15) is 0 Å². The number of aryl methyl sites for hydroxylation is 1. The first kappa shape index (κ1) is 15.3. The fraction of sp³-hybridized carbons (Fsp3) is 0.353. The number of benzene rings is 1. The predicted octanol–water partition coefficient (Wildman–Crippen LogP) is 3.09. The van der Waals surface area contributed by atoms with Crippen LogP contribution in [0, 0.1) is 6.92 Å². The number of aromatic nitrogens is 1. The third-order valence-corrected chi connectivity index (χ3v) is 3.01. The molecule has 0 aliphatic carbocycles. The van der Waals surface area contributed by atoms with Crippen LogP contribution in [0.3, 0.4) is 0 Å². The molecule has 112 valence electrons. The molecule has 0 bridgehead atoms. The molecule has 0 spiro atoms. The molecule has 0 atom stereocenters. The lowest BCUT2D eigenvalue weighted by Crippen LogP contribution is -2.06. The van der Waals surface area contributed by atoms with Gasteiger partial charge in [0, 0.05) is 12.2 Å². The molecule has 1 N–H and O–H groups in total. The van der Waals surface area contributed by atoms with Crippen molar-refractivity contribution in [3.63, 3.8) is 0 Å². The maximum atomic E-state index is 5.86. The molecule has 4 nitrogen and oxygen atoms in total. The van der Waals surface area contributed by atoms with Crippen molar-refractivity contribution in [2.45, 2.75) is 27.0 Å². The lowest BCUT2D eigenvalue weighted by Gasteiger charge is -2.13. The normalized spacial score (nSPS) is 10.4. The number of nitrogens with zero attached hydrogens (tertiary/aromatic N) is 1. The second kappa shape index (κ2) is 7.64. The van der Waals surface area contributed by atoms with Crippen LogP contribution >= 0.6 is 0 Å². The van der Waals surface area contributed by atoms with Gasteiger partial charge < -0.3 is 14.8 Å². The molecule has 0 unspecified atom stereocenters. The lowest BCUT2D eigenvalue weighted by atomic mass is 10.2. The van der Waals surface area contributed by atoms with Gasteiger partial charge in [-0.05, 0) is 50.7 Å². The van der Waals surface area contributed by atoms with Gasteiger partial charge in [-0.2, -0.15) is 0 Å². The Balaban J connectivity index is 2.11. The van der Waals surface area contributed by atoms with Crippen molar-refractivity contribution in [2.75, 3.05) is 13.7 Å². The van der Waals surface area contributed by atoms with Crippen LogP contribution in [-0.2, 0) is 13.2 Å². The van der Waals surface area contributed by atoms with Crippen molar-refractivity contribution in [3.05, 3.63) is 53.3 Å². The molecule has 0 saturated carbocycles. The lowest BCUT2D eigenvalue weighted by molar-refractivity contribution is 0.266. The van der Waals surface area contributed by atoms with E-state index in [0.717, 1.165) is 29.4 Å². The standard InChI is InChI=1S/C17H22N2O2/c1-4-20-17-10-14(11-18-3)8-9-16(17)21-12-15-7-5-6-13(2)19-15/h5-10,18H,4,11-12H2,1-3H3. The zero-order valence-corrected chi connectivity index (χ0v) is 12.8. The summed E-state index contributed by atoms with van der Waals surface area (Å²) in [5.74, 6) is 1.53. The van der Waals surface area contributed by atoms with Gasteiger partial charge in [-0.3, -0.25) is 4.98 Å². The fourth-order valence-corrected chi connectivity index (χ4v) is 2.09. The van der Waals surface area contributed by atoms with Gasteiger partial charge in [-0.15, -0.1) is 0 Å². The molecular formula is C17H22N2O2. The Kier molecular flexibility index (Phi) is 5.58. The Morgan fingerprint density at radius 2 is 1.95 bits per heavy atom. The zero-order chi connectivity index (χ0) is 15.1. The minimum Gasteiger partial charge on any atom is -0.490 e. The molecular weight excluding hydrogens is 264 g/mol. The summed E-state index contributed by atoms with van der Waals surface area (Å²) >= 11 is 0. The predicted molar refractivity (Wildman–Crippen MR) is 83.7 cm³/mol. The van der Waals surface area contributed by atoms with Crippen molar-refractivity contribution in [1.29, 1.82) is 0 Å². The van der Waals surface area contributed by atoms with E-state index in [0.29, 0.717) is 13.2 Å². The highest BCUT2D eigenvalue weighted by molar-refractivity contribution is 5.43. The minimum atomic E-state index is 0.438. The molecule has 0 radical (unpaired) electrons. The van der Waals surface area contributed by atoms with Gasteiger partial charge in [0.25, 0.3) is 0 Å². The molecule has 1 aromatic heterocycles. The summed E-state index contributed by atoms with van der Waals surface area (Å²) in [7, 11) is 1.92. The second-order valence-corrected chi connectivity index (χ2v) is 4.80. The topological polar surface area (TPSA) is 43.4 Å². The zero-order valence-electron chi connectivity index (χ0n) is 12.8. The first-order valence-corrected chi connectivity index (χ1v) is 7.18. The number of ether oxygens (including phenoxy) is 2. The summed E-state index contributed by atoms with van der Waals surface area (Å²) in [4.78, 5) is 4.44. The SMILES string of the molecule is CCOc1cc(CNC)ccc1OCc1cccc(C)n1. The summed E-state index contributed by atoms with van der Waals surface area (Å²) < 4.78 is 11.5. The van der Waals surface area contributed by atoms with E-state index in [2.05, 4.69) is 10.3 Å². The fourth-order valence-electron chi connectivity index (χ4n) is 2.09. The van der Waals surface area contributed by atoms with Crippen LogP contribution in [0.25, 0.3) is 0 Å². The molecule has 4 heteroatoms. The molecule has 2 rings (SSSR count). The summed E-state index contributed by atoms with van der Waals surface area (Å²) in [6.45, 7) is 5.80. The average molecular weight is 286 g/mol. The van der Waals surface area contributed by atoms with Gasteiger partial charge in [-0.25, -0.2) is 0 Å². The summed E-state index contributed by atoms with van der Waals surface area (Å²) in [6.07, 6.45) is 0. The van der Waals surface area contributed by atoms with Gasteiger partial charge in [-0.1, -0.05) is 12.1 Å². The van der Waals surface area contributed by atoms with Crippen molar-refractivity contribution in [1.82, 2.24) is 10.3 Å². The number of hydrogen-bond donors (Lipinski definition) is 1. The number of pyridine rings is 1. The van der Waals surface area contributed by atoms with Crippen molar-refractivity contribution in [2.24, 2.45) is 0 Å². The van der Waals surface area contributed by atoms with E-state index >= 15 is 0 Å². The highest BCUT2D eigenvalue weighted by atomic mass is 16.5. The third-order valence-electron chi connectivity index (χ3n) is 3.01. The van der Waals surface area contributed by atoms with Crippen LogP contribution in [0.5, 0.6) is 11.5 Å². The first-order valence-electron chi connectivity index (χ1n) is 7.18. The van der Waals surface area contributed by atoms with Gasteiger partial charge in [0.15, 0.2) is 11.5 Å². The summed E-state index contributed by atoms with van der Waals surface area (Å²) in [6, 6.07) is 11.9. The van der Waals surface area contributed by atoms with Crippen LogP contribution in [0.1, 0.15) is 23.9 Å². The van der Waals surface area contributed by atoms with E-state index in [4.69, 9.17) is 9.47 Å². The van der Waals surface area contributed by atoms with Crippen LogP contribution in [0.4, 0.5) is 0 Å². The summed E-state index contributed by atoms with van der Waals surface area (Å²) in [5.41, 5.74) is 3.07. The quantitative estimate of drug-likeness (QED) is 0.849. The Labute approximate surface area is 126 Å². The molecule has 0 amide bonds. The molecule has 0 fully saturated rings. The van der Waals surface area contributed by atoms with Gasteiger partial charge >= 0.3 is 0 Å². The van der Waals surface area contributed by atoms with Crippen LogP contribution < -0.4 is 14.8 Å². The Morgan fingerprint density at radius 1 is 1.10 bits per heavy atom. The van der Waals surface area contributed by atoms with E-state index in [1.807, 2.05) is 57.3 Å². The Morgan fingerprint density at radius 3 is 2.67 bits per heavy atom. The van der Waals surface area contributed by atoms with E-state index in [1.54, 1.807) is 0 Å². The number of nitrogens with one attached hydrogen (secondary N) is 1. The molecule has 1 aromatic carbocycles. The van der Waals surface area contributed by atoms with Gasteiger partial charge in [0.1, 0.15) is 6.61 Å². The number of rotatable bonds is 7. The van der Waals surface area contributed by atoms with Gasteiger partial charge in [0.05, 0.1) is 12.3 Å². The third kappa shape index (κ3) is 4.46. The molecule has 0 aliphatic rings.